The largest absolute Gasteiger partial charge is 0.457 e. The van der Waals surface area contributed by atoms with Gasteiger partial charge in [-0.05, 0) is 30.4 Å². The number of rotatable bonds is 6. The summed E-state index contributed by atoms with van der Waals surface area (Å²) in [6, 6.07) is 7.44. The molecule has 0 saturated carbocycles. The van der Waals surface area contributed by atoms with Crippen LogP contribution >= 0.6 is 0 Å². The zero-order valence-corrected chi connectivity index (χ0v) is 12.3. The van der Waals surface area contributed by atoms with Crippen LogP contribution in [0.4, 0.5) is 0 Å². The molecule has 110 valence electrons. The van der Waals surface area contributed by atoms with Crippen LogP contribution in [0.1, 0.15) is 48.5 Å². The highest BCUT2D eigenvalue weighted by molar-refractivity contribution is 5.98. The second-order valence-corrected chi connectivity index (χ2v) is 5.05. The lowest BCUT2D eigenvalue weighted by Crippen LogP contribution is -2.13. The summed E-state index contributed by atoms with van der Waals surface area (Å²) in [5.41, 5.74) is 2.86. The quantitative estimate of drug-likeness (QED) is 0.587. The third-order valence-corrected chi connectivity index (χ3v) is 3.35. The first-order valence-corrected chi connectivity index (χ1v) is 7.36. The van der Waals surface area contributed by atoms with Crippen LogP contribution in [-0.2, 0) is 9.53 Å². The van der Waals surface area contributed by atoms with Crippen LogP contribution in [0.5, 0.6) is 0 Å². The zero-order chi connectivity index (χ0) is 15.1. The number of Topliss-reactive ketones (excluding diaryl/α,β-unsaturated/α-hetero) is 1. The van der Waals surface area contributed by atoms with E-state index in [4.69, 9.17) is 4.74 Å². The molecule has 0 radical (unpaired) electrons. The highest BCUT2D eigenvalue weighted by Crippen LogP contribution is 2.21. The van der Waals surface area contributed by atoms with Gasteiger partial charge in [0, 0.05) is 12.0 Å². The molecule has 0 fully saturated rings. The van der Waals surface area contributed by atoms with Gasteiger partial charge in [-0.2, -0.15) is 0 Å². The SMILES string of the molecule is CCCC(=O)OCC(=O)c1ccc(C2=CCCC=C2)cc1. The normalized spacial score (nSPS) is 13.7. The molecule has 1 aliphatic carbocycles. The van der Waals surface area contributed by atoms with Gasteiger partial charge in [0.1, 0.15) is 0 Å². The molecule has 0 spiro atoms. The Morgan fingerprint density at radius 1 is 1.14 bits per heavy atom. The Kier molecular flexibility index (Phi) is 5.50. The number of carbonyl (C=O) groups excluding carboxylic acids is 2. The third kappa shape index (κ3) is 4.42. The number of allylic oxidation sites excluding steroid dienone is 4. The fraction of sp³-hybridized carbons (Fsp3) is 0.333. The monoisotopic (exact) mass is 284 g/mol. The third-order valence-electron chi connectivity index (χ3n) is 3.35. The van der Waals surface area contributed by atoms with E-state index in [1.165, 1.54) is 5.57 Å². The van der Waals surface area contributed by atoms with Gasteiger partial charge in [0.05, 0.1) is 0 Å². The average Bonchev–Trinajstić information content (AvgIpc) is 2.54. The maximum Gasteiger partial charge on any atom is 0.306 e. The van der Waals surface area contributed by atoms with Crippen molar-refractivity contribution in [2.45, 2.75) is 32.6 Å². The minimum atomic E-state index is -0.319. The second-order valence-electron chi connectivity index (χ2n) is 5.05. The molecule has 0 heterocycles. The average molecular weight is 284 g/mol. The van der Waals surface area contributed by atoms with E-state index in [-0.39, 0.29) is 18.4 Å². The van der Waals surface area contributed by atoms with Gasteiger partial charge >= 0.3 is 5.97 Å². The first-order chi connectivity index (χ1) is 10.2. The smallest absolute Gasteiger partial charge is 0.306 e. The van der Waals surface area contributed by atoms with Crippen LogP contribution in [0.3, 0.4) is 0 Å². The van der Waals surface area contributed by atoms with E-state index in [0.29, 0.717) is 12.0 Å². The molecule has 3 heteroatoms. The number of hydrogen-bond donors (Lipinski definition) is 0. The first kappa shape index (κ1) is 15.2. The lowest BCUT2D eigenvalue weighted by Gasteiger charge is -2.08. The zero-order valence-electron chi connectivity index (χ0n) is 12.3. The van der Waals surface area contributed by atoms with Crippen molar-refractivity contribution in [1.82, 2.24) is 0 Å². The fourth-order valence-corrected chi connectivity index (χ4v) is 2.18. The van der Waals surface area contributed by atoms with Crippen LogP contribution < -0.4 is 0 Å². The Morgan fingerprint density at radius 2 is 1.90 bits per heavy atom. The van der Waals surface area contributed by atoms with E-state index < -0.39 is 0 Å². The molecule has 21 heavy (non-hydrogen) atoms. The summed E-state index contributed by atoms with van der Waals surface area (Å²) in [5, 5.41) is 0. The maximum absolute atomic E-state index is 11.9. The minimum Gasteiger partial charge on any atom is -0.457 e. The summed E-state index contributed by atoms with van der Waals surface area (Å²) in [6.45, 7) is 1.72. The van der Waals surface area contributed by atoms with Crippen LogP contribution in [0.25, 0.3) is 5.57 Å². The predicted octanol–water partition coefficient (Wildman–Crippen LogP) is 3.95. The van der Waals surface area contributed by atoms with Gasteiger partial charge in [-0.1, -0.05) is 49.4 Å². The summed E-state index contributed by atoms with van der Waals surface area (Å²) >= 11 is 0. The Morgan fingerprint density at radius 3 is 2.52 bits per heavy atom. The molecule has 0 saturated heterocycles. The summed E-state index contributed by atoms with van der Waals surface area (Å²) in [4.78, 5) is 23.2. The Balaban J connectivity index is 1.95. The lowest BCUT2D eigenvalue weighted by atomic mass is 9.98. The number of carbonyl (C=O) groups is 2. The molecular weight excluding hydrogens is 264 g/mol. The van der Waals surface area contributed by atoms with Crippen LogP contribution in [-0.4, -0.2) is 18.4 Å². The van der Waals surface area contributed by atoms with Crippen molar-refractivity contribution >= 4 is 17.3 Å². The Bertz CT molecular complexity index is 565. The molecule has 0 aromatic heterocycles. The number of ketones is 1. The molecule has 2 rings (SSSR count). The summed E-state index contributed by atoms with van der Waals surface area (Å²) in [6.07, 6.45) is 9.68. The molecule has 0 amide bonds. The molecule has 1 aliphatic rings. The van der Waals surface area contributed by atoms with Crippen LogP contribution in [0.2, 0.25) is 0 Å². The van der Waals surface area contributed by atoms with Gasteiger partial charge in [-0.15, -0.1) is 0 Å². The van der Waals surface area contributed by atoms with Gasteiger partial charge in [-0.25, -0.2) is 0 Å². The molecule has 1 aromatic rings. The minimum absolute atomic E-state index is 0.167. The van der Waals surface area contributed by atoms with E-state index in [1.54, 1.807) is 12.1 Å². The van der Waals surface area contributed by atoms with Gasteiger partial charge in [-0.3, -0.25) is 9.59 Å². The Hall–Kier alpha value is -2.16. The van der Waals surface area contributed by atoms with E-state index in [0.717, 1.165) is 24.8 Å². The standard InChI is InChI=1S/C18H20O3/c1-2-6-18(20)21-13-17(19)16-11-9-15(10-12-16)14-7-4-3-5-8-14/h4,7-12H,2-3,5-6,13H2,1H3. The predicted molar refractivity (Wildman–Crippen MR) is 83.0 cm³/mol. The number of esters is 1. The molecular formula is C18H20O3. The highest BCUT2D eigenvalue weighted by Gasteiger charge is 2.10. The Labute approximate surface area is 125 Å². The van der Waals surface area contributed by atoms with Crippen LogP contribution in [0, 0.1) is 0 Å². The highest BCUT2D eigenvalue weighted by atomic mass is 16.5. The molecule has 0 unspecified atom stereocenters. The van der Waals surface area contributed by atoms with Crippen molar-refractivity contribution in [3.63, 3.8) is 0 Å². The van der Waals surface area contributed by atoms with E-state index in [9.17, 15) is 9.59 Å². The van der Waals surface area contributed by atoms with Gasteiger partial charge < -0.3 is 4.74 Å². The fourth-order valence-electron chi connectivity index (χ4n) is 2.18. The number of ether oxygens (including phenoxy) is 1. The molecule has 0 bridgehead atoms. The van der Waals surface area contributed by atoms with Crippen molar-refractivity contribution in [2.75, 3.05) is 6.61 Å². The summed E-state index contributed by atoms with van der Waals surface area (Å²) in [5.74, 6) is -0.487. The molecule has 1 aromatic carbocycles. The van der Waals surface area contributed by atoms with Crippen molar-refractivity contribution in [3.05, 3.63) is 53.6 Å². The topological polar surface area (TPSA) is 43.4 Å². The van der Waals surface area contributed by atoms with Crippen molar-refractivity contribution in [3.8, 4) is 0 Å². The molecule has 3 nitrogen and oxygen atoms in total. The van der Waals surface area contributed by atoms with Gasteiger partial charge in [0.25, 0.3) is 0 Å². The number of benzene rings is 1. The molecule has 0 atom stereocenters. The van der Waals surface area contributed by atoms with E-state index in [2.05, 4.69) is 18.2 Å². The van der Waals surface area contributed by atoms with Gasteiger partial charge in [0.15, 0.2) is 12.4 Å². The second kappa shape index (κ2) is 7.58. The first-order valence-electron chi connectivity index (χ1n) is 7.36. The van der Waals surface area contributed by atoms with Crippen molar-refractivity contribution in [2.24, 2.45) is 0 Å². The van der Waals surface area contributed by atoms with Crippen LogP contribution in [0.15, 0.2) is 42.5 Å². The molecule has 0 aliphatic heterocycles. The summed E-state index contributed by atoms with van der Waals surface area (Å²) < 4.78 is 4.93. The van der Waals surface area contributed by atoms with Gasteiger partial charge in [0.2, 0.25) is 0 Å². The van der Waals surface area contributed by atoms with E-state index in [1.807, 2.05) is 19.1 Å². The van der Waals surface area contributed by atoms with Crippen molar-refractivity contribution < 1.29 is 14.3 Å². The summed E-state index contributed by atoms with van der Waals surface area (Å²) in [7, 11) is 0. The molecule has 0 N–H and O–H groups in total. The van der Waals surface area contributed by atoms with Crippen molar-refractivity contribution in [1.29, 1.82) is 0 Å². The lowest BCUT2D eigenvalue weighted by molar-refractivity contribution is -0.142. The number of hydrogen-bond acceptors (Lipinski definition) is 3. The maximum atomic E-state index is 11.9. The van der Waals surface area contributed by atoms with E-state index >= 15 is 0 Å².